The van der Waals surface area contributed by atoms with E-state index in [9.17, 15) is 14.7 Å². The molecule has 0 aromatic heterocycles. The van der Waals surface area contributed by atoms with E-state index in [0.29, 0.717) is 18.3 Å². The van der Waals surface area contributed by atoms with Crippen molar-refractivity contribution >= 4 is 11.9 Å². The highest BCUT2D eigenvalue weighted by atomic mass is 16.4. The maximum atomic E-state index is 11.6. The van der Waals surface area contributed by atoms with Gasteiger partial charge in [0.1, 0.15) is 0 Å². The largest absolute Gasteiger partial charge is 0.481 e. The van der Waals surface area contributed by atoms with E-state index in [-0.39, 0.29) is 23.9 Å². The Morgan fingerprint density at radius 3 is 2.84 bits per heavy atom. The molecule has 1 aliphatic heterocycles. The third-order valence-electron chi connectivity index (χ3n) is 5.11. The molecule has 5 nitrogen and oxygen atoms in total. The van der Waals surface area contributed by atoms with E-state index in [4.69, 9.17) is 0 Å². The normalized spacial score (nSPS) is 41.9. The van der Waals surface area contributed by atoms with Crippen molar-refractivity contribution in [2.75, 3.05) is 6.54 Å². The minimum atomic E-state index is -0.664. The van der Waals surface area contributed by atoms with Crippen molar-refractivity contribution in [3.8, 4) is 0 Å². The summed E-state index contributed by atoms with van der Waals surface area (Å²) in [4.78, 5) is 23.0. The molecule has 0 spiro atoms. The molecule has 19 heavy (non-hydrogen) atoms. The molecule has 5 heteroatoms. The van der Waals surface area contributed by atoms with Gasteiger partial charge in [0.25, 0.3) is 0 Å². The number of carboxylic acid groups (broad SMARTS) is 1. The summed E-state index contributed by atoms with van der Waals surface area (Å²) < 4.78 is 0. The molecule has 106 valence electrons. The van der Waals surface area contributed by atoms with Crippen LogP contribution < -0.4 is 10.6 Å². The van der Waals surface area contributed by atoms with Crippen LogP contribution in [0.5, 0.6) is 0 Å². The standard InChI is InChI=1S/C14H22N2O3/c17-11-7-10(2-1-5-15-11)16-13-9-4-3-8(6-9)12(13)14(18)19/h8-10,12-13,16H,1-7H2,(H,15,17)(H,18,19). The van der Waals surface area contributed by atoms with E-state index in [1.165, 1.54) is 0 Å². The number of aliphatic carboxylic acids is 1. The van der Waals surface area contributed by atoms with E-state index in [0.717, 1.165) is 38.6 Å². The van der Waals surface area contributed by atoms with Crippen molar-refractivity contribution in [1.82, 2.24) is 10.6 Å². The summed E-state index contributed by atoms with van der Waals surface area (Å²) in [6.45, 7) is 0.746. The summed E-state index contributed by atoms with van der Waals surface area (Å²) in [6, 6.07) is 0.223. The molecule has 3 aliphatic rings. The quantitative estimate of drug-likeness (QED) is 0.704. The molecule has 5 atom stereocenters. The number of amides is 1. The first-order chi connectivity index (χ1) is 9.15. The van der Waals surface area contributed by atoms with Crippen LogP contribution in [0.15, 0.2) is 0 Å². The molecule has 1 saturated heterocycles. The van der Waals surface area contributed by atoms with E-state index in [1.807, 2.05) is 0 Å². The Morgan fingerprint density at radius 2 is 2.05 bits per heavy atom. The van der Waals surface area contributed by atoms with Crippen molar-refractivity contribution in [1.29, 1.82) is 0 Å². The lowest BCUT2D eigenvalue weighted by Crippen LogP contribution is -2.49. The first-order valence-electron chi connectivity index (χ1n) is 7.40. The highest BCUT2D eigenvalue weighted by Gasteiger charge is 2.51. The molecule has 2 bridgehead atoms. The van der Waals surface area contributed by atoms with Crippen LogP contribution in [-0.2, 0) is 9.59 Å². The van der Waals surface area contributed by atoms with Gasteiger partial charge in [-0.2, -0.15) is 0 Å². The van der Waals surface area contributed by atoms with Crippen LogP contribution in [0.2, 0.25) is 0 Å². The van der Waals surface area contributed by atoms with Crippen LogP contribution in [0.4, 0.5) is 0 Å². The summed E-state index contributed by atoms with van der Waals surface area (Å²) in [5.41, 5.74) is 0. The molecule has 0 aromatic carbocycles. The van der Waals surface area contributed by atoms with Crippen LogP contribution in [0.25, 0.3) is 0 Å². The number of hydrogen-bond acceptors (Lipinski definition) is 3. The van der Waals surface area contributed by atoms with Gasteiger partial charge in [0.05, 0.1) is 5.92 Å². The van der Waals surface area contributed by atoms with Crippen LogP contribution in [0, 0.1) is 17.8 Å². The van der Waals surface area contributed by atoms with Crippen molar-refractivity contribution in [2.24, 2.45) is 17.8 Å². The molecule has 2 aliphatic carbocycles. The van der Waals surface area contributed by atoms with Crippen molar-refractivity contribution in [3.05, 3.63) is 0 Å². The minimum Gasteiger partial charge on any atom is -0.481 e. The zero-order chi connectivity index (χ0) is 13.4. The molecule has 3 rings (SSSR count). The Kier molecular flexibility index (Phi) is 3.48. The predicted octanol–water partition coefficient (Wildman–Crippen LogP) is 0.744. The SMILES string of the molecule is O=C1CC(NC2C3CCC(C3)C2C(=O)O)CCCN1. The van der Waals surface area contributed by atoms with E-state index < -0.39 is 5.97 Å². The fourth-order valence-electron chi connectivity index (χ4n) is 4.28. The lowest BCUT2D eigenvalue weighted by molar-refractivity contribution is -0.144. The summed E-state index contributed by atoms with van der Waals surface area (Å²) in [5.74, 6) is 0.0230. The van der Waals surface area contributed by atoms with Crippen LogP contribution in [0.3, 0.4) is 0 Å². The first-order valence-corrected chi connectivity index (χ1v) is 7.40. The lowest BCUT2D eigenvalue weighted by atomic mass is 9.84. The van der Waals surface area contributed by atoms with Gasteiger partial charge in [0, 0.05) is 25.0 Å². The maximum absolute atomic E-state index is 11.6. The minimum absolute atomic E-state index is 0.0761. The highest BCUT2D eigenvalue weighted by molar-refractivity contribution is 5.77. The molecule has 1 heterocycles. The maximum Gasteiger partial charge on any atom is 0.308 e. The fraction of sp³-hybridized carbons (Fsp3) is 0.857. The Morgan fingerprint density at radius 1 is 1.26 bits per heavy atom. The smallest absolute Gasteiger partial charge is 0.308 e. The number of nitrogens with one attached hydrogen (secondary N) is 2. The van der Waals surface area contributed by atoms with E-state index in [1.54, 1.807) is 0 Å². The number of carboxylic acids is 1. The van der Waals surface area contributed by atoms with Crippen LogP contribution >= 0.6 is 0 Å². The number of fused-ring (bicyclic) bond motifs is 2. The molecular formula is C14H22N2O3. The third-order valence-corrected chi connectivity index (χ3v) is 5.11. The molecule has 1 amide bonds. The Balaban J connectivity index is 1.67. The molecule has 0 radical (unpaired) electrons. The molecule has 2 saturated carbocycles. The van der Waals surface area contributed by atoms with Gasteiger partial charge in [-0.1, -0.05) is 0 Å². The topological polar surface area (TPSA) is 78.4 Å². The summed E-state index contributed by atoms with van der Waals surface area (Å²) >= 11 is 0. The summed E-state index contributed by atoms with van der Waals surface area (Å²) in [6.07, 6.45) is 5.67. The van der Waals surface area contributed by atoms with Crippen LogP contribution in [0.1, 0.15) is 38.5 Å². The highest BCUT2D eigenvalue weighted by Crippen LogP contribution is 2.48. The Bertz CT molecular complexity index is 385. The van der Waals surface area contributed by atoms with Crippen molar-refractivity contribution in [3.63, 3.8) is 0 Å². The summed E-state index contributed by atoms with van der Waals surface area (Å²) in [7, 11) is 0. The zero-order valence-electron chi connectivity index (χ0n) is 11.1. The predicted molar refractivity (Wildman–Crippen MR) is 69.5 cm³/mol. The van der Waals surface area contributed by atoms with Crippen LogP contribution in [-0.4, -0.2) is 35.6 Å². The van der Waals surface area contributed by atoms with E-state index in [2.05, 4.69) is 10.6 Å². The van der Waals surface area contributed by atoms with E-state index >= 15 is 0 Å². The van der Waals surface area contributed by atoms with Gasteiger partial charge in [-0.25, -0.2) is 0 Å². The second kappa shape index (κ2) is 5.12. The van der Waals surface area contributed by atoms with Gasteiger partial charge >= 0.3 is 5.97 Å². The number of carbonyl (C=O) groups is 2. The Hall–Kier alpha value is -1.10. The lowest BCUT2D eigenvalue weighted by Gasteiger charge is -2.32. The zero-order valence-corrected chi connectivity index (χ0v) is 11.1. The van der Waals surface area contributed by atoms with Gasteiger partial charge in [0.2, 0.25) is 5.91 Å². The Labute approximate surface area is 113 Å². The van der Waals surface area contributed by atoms with Gasteiger partial charge < -0.3 is 15.7 Å². The molecule has 3 fully saturated rings. The van der Waals surface area contributed by atoms with Gasteiger partial charge in [-0.05, 0) is 43.9 Å². The average molecular weight is 266 g/mol. The molecule has 5 unspecified atom stereocenters. The second-order valence-electron chi connectivity index (χ2n) is 6.28. The average Bonchev–Trinajstić information content (AvgIpc) is 2.88. The van der Waals surface area contributed by atoms with Crippen molar-refractivity contribution < 1.29 is 14.7 Å². The van der Waals surface area contributed by atoms with Gasteiger partial charge in [-0.3, -0.25) is 9.59 Å². The fourth-order valence-corrected chi connectivity index (χ4v) is 4.28. The van der Waals surface area contributed by atoms with Gasteiger partial charge in [0.15, 0.2) is 0 Å². The molecule has 0 aromatic rings. The number of hydrogen-bond donors (Lipinski definition) is 3. The third kappa shape index (κ3) is 2.48. The second-order valence-corrected chi connectivity index (χ2v) is 6.28. The summed E-state index contributed by atoms with van der Waals surface area (Å²) in [5, 5.41) is 15.8. The first kappa shape index (κ1) is 12.9. The number of carbonyl (C=O) groups excluding carboxylic acids is 1. The molecule has 3 N–H and O–H groups in total. The van der Waals surface area contributed by atoms with Gasteiger partial charge in [-0.15, -0.1) is 0 Å². The monoisotopic (exact) mass is 266 g/mol. The number of rotatable bonds is 3. The molecular weight excluding hydrogens is 244 g/mol. The van der Waals surface area contributed by atoms with Crippen molar-refractivity contribution in [2.45, 2.75) is 50.6 Å².